The second-order valence-corrected chi connectivity index (χ2v) is 3.78. The van der Waals surface area contributed by atoms with Crippen LogP contribution in [0.3, 0.4) is 0 Å². The number of aryl methyl sites for hydroxylation is 1. The van der Waals surface area contributed by atoms with Crippen LogP contribution < -0.4 is 5.73 Å². The first-order chi connectivity index (χ1) is 7.19. The lowest BCUT2D eigenvalue weighted by Crippen LogP contribution is -1.94. The van der Waals surface area contributed by atoms with Gasteiger partial charge >= 0.3 is 0 Å². The SMILES string of the molecule is Cc1cc(Cl)cc(-c2cnc(CN)o2)c1. The van der Waals surface area contributed by atoms with Gasteiger partial charge in [0.25, 0.3) is 0 Å². The average Bonchev–Trinajstić information content (AvgIpc) is 2.64. The quantitative estimate of drug-likeness (QED) is 0.850. The number of hydrogen-bond acceptors (Lipinski definition) is 3. The Hall–Kier alpha value is -1.32. The summed E-state index contributed by atoms with van der Waals surface area (Å²) >= 11 is 5.95. The van der Waals surface area contributed by atoms with E-state index in [1.807, 2.05) is 25.1 Å². The van der Waals surface area contributed by atoms with E-state index < -0.39 is 0 Å². The lowest BCUT2D eigenvalue weighted by molar-refractivity contribution is 0.509. The van der Waals surface area contributed by atoms with Crippen LogP contribution in [0.1, 0.15) is 11.5 Å². The van der Waals surface area contributed by atoms with Crippen molar-refractivity contribution in [3.63, 3.8) is 0 Å². The van der Waals surface area contributed by atoms with E-state index >= 15 is 0 Å². The highest BCUT2D eigenvalue weighted by Crippen LogP contribution is 2.25. The van der Waals surface area contributed by atoms with Crippen LogP contribution in [0.15, 0.2) is 28.8 Å². The number of oxazole rings is 1. The number of halogens is 1. The molecule has 0 aliphatic heterocycles. The van der Waals surface area contributed by atoms with E-state index in [0.29, 0.717) is 23.2 Å². The molecule has 1 heterocycles. The van der Waals surface area contributed by atoms with Crippen molar-refractivity contribution >= 4 is 11.6 Å². The maximum atomic E-state index is 5.95. The zero-order chi connectivity index (χ0) is 10.8. The third kappa shape index (κ3) is 2.19. The van der Waals surface area contributed by atoms with Crippen LogP contribution in [0.25, 0.3) is 11.3 Å². The topological polar surface area (TPSA) is 52.0 Å². The molecule has 1 aromatic carbocycles. The van der Waals surface area contributed by atoms with Gasteiger partial charge in [-0.1, -0.05) is 11.6 Å². The lowest BCUT2D eigenvalue weighted by Gasteiger charge is -1.99. The molecule has 0 atom stereocenters. The number of hydrogen-bond donors (Lipinski definition) is 1. The molecule has 0 fully saturated rings. The van der Waals surface area contributed by atoms with Crippen molar-refractivity contribution in [3.8, 4) is 11.3 Å². The van der Waals surface area contributed by atoms with E-state index in [-0.39, 0.29) is 0 Å². The zero-order valence-corrected chi connectivity index (χ0v) is 9.08. The van der Waals surface area contributed by atoms with Gasteiger partial charge in [-0.15, -0.1) is 0 Å². The van der Waals surface area contributed by atoms with E-state index in [4.69, 9.17) is 21.8 Å². The van der Waals surface area contributed by atoms with E-state index in [9.17, 15) is 0 Å². The molecule has 4 heteroatoms. The van der Waals surface area contributed by atoms with Crippen molar-refractivity contribution in [1.29, 1.82) is 0 Å². The molecule has 2 rings (SSSR count). The fourth-order valence-electron chi connectivity index (χ4n) is 1.42. The molecule has 2 aromatic rings. The normalized spacial score (nSPS) is 10.6. The first-order valence-corrected chi connectivity index (χ1v) is 4.99. The number of benzene rings is 1. The molecule has 0 saturated heterocycles. The maximum absolute atomic E-state index is 5.95. The van der Waals surface area contributed by atoms with E-state index in [1.165, 1.54) is 0 Å². The Bertz CT molecular complexity index is 459. The van der Waals surface area contributed by atoms with Crippen molar-refractivity contribution in [2.24, 2.45) is 5.73 Å². The molecule has 2 N–H and O–H groups in total. The number of rotatable bonds is 2. The zero-order valence-electron chi connectivity index (χ0n) is 8.33. The second-order valence-electron chi connectivity index (χ2n) is 3.34. The van der Waals surface area contributed by atoms with Crippen molar-refractivity contribution in [2.45, 2.75) is 13.5 Å². The summed E-state index contributed by atoms with van der Waals surface area (Å²) in [5.41, 5.74) is 7.43. The number of nitrogens with two attached hydrogens (primary N) is 1. The molecule has 78 valence electrons. The van der Waals surface area contributed by atoms with E-state index in [0.717, 1.165) is 11.1 Å². The fraction of sp³-hybridized carbons (Fsp3) is 0.182. The summed E-state index contributed by atoms with van der Waals surface area (Å²) in [6.07, 6.45) is 1.66. The number of nitrogens with zero attached hydrogens (tertiary/aromatic N) is 1. The summed E-state index contributed by atoms with van der Waals surface area (Å²) in [5.74, 6) is 1.23. The Labute approximate surface area is 92.9 Å². The molecule has 0 spiro atoms. The largest absolute Gasteiger partial charge is 0.439 e. The molecule has 0 amide bonds. The predicted molar refractivity (Wildman–Crippen MR) is 59.6 cm³/mol. The van der Waals surface area contributed by atoms with Crippen LogP contribution >= 0.6 is 11.6 Å². The van der Waals surface area contributed by atoms with Gasteiger partial charge in [-0.05, 0) is 30.7 Å². The smallest absolute Gasteiger partial charge is 0.208 e. The third-order valence-electron chi connectivity index (χ3n) is 2.05. The molecule has 0 radical (unpaired) electrons. The summed E-state index contributed by atoms with van der Waals surface area (Å²) in [4.78, 5) is 4.04. The maximum Gasteiger partial charge on any atom is 0.208 e. The summed E-state index contributed by atoms with van der Waals surface area (Å²) in [6, 6.07) is 5.73. The predicted octanol–water partition coefficient (Wildman–Crippen LogP) is 2.76. The Morgan fingerprint density at radius 2 is 2.20 bits per heavy atom. The standard InChI is InChI=1S/C11H11ClN2O/c1-7-2-8(4-9(12)3-7)10-6-14-11(5-13)15-10/h2-4,6H,5,13H2,1H3. The van der Waals surface area contributed by atoms with Crippen molar-refractivity contribution in [3.05, 3.63) is 40.9 Å². The monoisotopic (exact) mass is 222 g/mol. The number of aromatic nitrogens is 1. The second kappa shape index (κ2) is 4.04. The van der Waals surface area contributed by atoms with Crippen LogP contribution in [-0.4, -0.2) is 4.98 Å². The summed E-state index contributed by atoms with van der Waals surface area (Å²) in [6.45, 7) is 2.29. The Morgan fingerprint density at radius 3 is 2.80 bits per heavy atom. The molecule has 0 saturated carbocycles. The summed E-state index contributed by atoms with van der Waals surface area (Å²) in [5, 5.41) is 0.690. The molecule has 3 nitrogen and oxygen atoms in total. The molecule has 0 unspecified atom stereocenters. The molecular weight excluding hydrogens is 212 g/mol. The summed E-state index contributed by atoms with van der Waals surface area (Å²) in [7, 11) is 0. The van der Waals surface area contributed by atoms with Crippen LogP contribution in [0.4, 0.5) is 0 Å². The lowest BCUT2D eigenvalue weighted by atomic mass is 10.1. The van der Waals surface area contributed by atoms with Crippen LogP contribution in [0, 0.1) is 6.92 Å². The molecule has 1 aromatic heterocycles. The minimum absolute atomic E-state index is 0.305. The highest BCUT2D eigenvalue weighted by Gasteiger charge is 2.06. The first-order valence-electron chi connectivity index (χ1n) is 4.61. The molecule has 15 heavy (non-hydrogen) atoms. The minimum Gasteiger partial charge on any atom is -0.439 e. The van der Waals surface area contributed by atoms with Gasteiger partial charge in [-0.2, -0.15) is 0 Å². The van der Waals surface area contributed by atoms with E-state index in [1.54, 1.807) is 6.20 Å². The van der Waals surface area contributed by atoms with Gasteiger partial charge in [0.2, 0.25) is 5.89 Å². The van der Waals surface area contributed by atoms with Gasteiger partial charge < -0.3 is 10.2 Å². The first kappa shape index (κ1) is 10.2. The molecular formula is C11H11ClN2O. The third-order valence-corrected chi connectivity index (χ3v) is 2.27. The Kier molecular flexibility index (Phi) is 2.75. The minimum atomic E-state index is 0.305. The fourth-order valence-corrected chi connectivity index (χ4v) is 1.71. The van der Waals surface area contributed by atoms with Crippen molar-refractivity contribution < 1.29 is 4.42 Å². The molecule has 0 aliphatic carbocycles. The van der Waals surface area contributed by atoms with Gasteiger partial charge in [-0.3, -0.25) is 0 Å². The van der Waals surface area contributed by atoms with Crippen LogP contribution in [-0.2, 0) is 6.54 Å². The van der Waals surface area contributed by atoms with Crippen molar-refractivity contribution in [2.75, 3.05) is 0 Å². The van der Waals surface area contributed by atoms with Gasteiger partial charge in [-0.25, -0.2) is 4.98 Å². The average molecular weight is 223 g/mol. The Balaban J connectivity index is 2.44. The Morgan fingerprint density at radius 1 is 1.40 bits per heavy atom. The summed E-state index contributed by atoms with van der Waals surface area (Å²) < 4.78 is 5.43. The van der Waals surface area contributed by atoms with Gasteiger partial charge in [0.1, 0.15) is 0 Å². The van der Waals surface area contributed by atoms with Gasteiger partial charge in [0.05, 0.1) is 12.7 Å². The van der Waals surface area contributed by atoms with Crippen molar-refractivity contribution in [1.82, 2.24) is 4.98 Å². The van der Waals surface area contributed by atoms with Gasteiger partial charge in [0.15, 0.2) is 5.76 Å². The van der Waals surface area contributed by atoms with E-state index in [2.05, 4.69) is 4.98 Å². The highest BCUT2D eigenvalue weighted by molar-refractivity contribution is 6.30. The van der Waals surface area contributed by atoms with Crippen LogP contribution in [0.5, 0.6) is 0 Å². The van der Waals surface area contributed by atoms with Crippen LogP contribution in [0.2, 0.25) is 5.02 Å². The van der Waals surface area contributed by atoms with Gasteiger partial charge in [0, 0.05) is 10.6 Å². The molecule has 0 bridgehead atoms. The highest BCUT2D eigenvalue weighted by atomic mass is 35.5. The molecule has 0 aliphatic rings.